The SMILES string of the molecule is CCCCCCCCCSCCC(NC=O)C(=O)O. The second-order valence-electron chi connectivity index (χ2n) is 4.70. The number of thioether (sulfide) groups is 1. The maximum atomic E-state index is 10.8. The molecule has 0 aromatic rings. The van der Waals surface area contributed by atoms with Gasteiger partial charge in [-0.1, -0.05) is 45.4 Å². The van der Waals surface area contributed by atoms with Gasteiger partial charge in [-0.15, -0.1) is 0 Å². The van der Waals surface area contributed by atoms with Crippen LogP contribution in [0.4, 0.5) is 0 Å². The molecule has 19 heavy (non-hydrogen) atoms. The Hall–Kier alpha value is -0.710. The van der Waals surface area contributed by atoms with E-state index >= 15 is 0 Å². The van der Waals surface area contributed by atoms with Crippen LogP contribution < -0.4 is 5.32 Å². The minimum Gasteiger partial charge on any atom is -0.480 e. The van der Waals surface area contributed by atoms with Gasteiger partial charge in [0.25, 0.3) is 0 Å². The summed E-state index contributed by atoms with van der Waals surface area (Å²) in [5.41, 5.74) is 0. The number of carbonyl (C=O) groups is 2. The molecule has 2 N–H and O–H groups in total. The molecule has 0 saturated carbocycles. The van der Waals surface area contributed by atoms with E-state index in [-0.39, 0.29) is 0 Å². The molecule has 0 spiro atoms. The van der Waals surface area contributed by atoms with E-state index in [9.17, 15) is 9.59 Å². The van der Waals surface area contributed by atoms with Crippen molar-refractivity contribution in [3.63, 3.8) is 0 Å². The number of hydrogen-bond acceptors (Lipinski definition) is 3. The first-order valence-corrected chi connectivity index (χ1v) is 8.38. The van der Waals surface area contributed by atoms with Crippen LogP contribution in [0, 0.1) is 0 Å². The number of hydrogen-bond donors (Lipinski definition) is 2. The molecule has 0 aliphatic carbocycles. The molecule has 0 fully saturated rings. The Morgan fingerprint density at radius 1 is 1.16 bits per heavy atom. The van der Waals surface area contributed by atoms with Gasteiger partial charge in [-0.2, -0.15) is 11.8 Å². The highest BCUT2D eigenvalue weighted by atomic mass is 32.2. The molecule has 112 valence electrons. The quantitative estimate of drug-likeness (QED) is 0.381. The smallest absolute Gasteiger partial charge is 0.326 e. The van der Waals surface area contributed by atoms with Gasteiger partial charge in [-0.3, -0.25) is 4.79 Å². The standard InChI is InChI=1S/C14H27NO3S/c1-2-3-4-5-6-7-8-10-19-11-9-13(14(17)18)15-12-16/h12-13H,2-11H2,1H3,(H,15,16)(H,17,18). The third-order valence-electron chi connectivity index (χ3n) is 3.01. The normalized spacial score (nSPS) is 12.1. The fourth-order valence-electron chi connectivity index (χ4n) is 1.82. The lowest BCUT2D eigenvalue weighted by Crippen LogP contribution is -2.36. The van der Waals surface area contributed by atoms with Crippen molar-refractivity contribution in [2.45, 2.75) is 64.3 Å². The lowest BCUT2D eigenvalue weighted by Gasteiger charge is -2.10. The maximum Gasteiger partial charge on any atom is 0.326 e. The number of carboxylic acids is 1. The monoisotopic (exact) mass is 289 g/mol. The van der Waals surface area contributed by atoms with E-state index in [4.69, 9.17) is 5.11 Å². The third kappa shape index (κ3) is 12.1. The van der Waals surface area contributed by atoms with Crippen molar-refractivity contribution >= 4 is 24.1 Å². The van der Waals surface area contributed by atoms with Crippen molar-refractivity contribution in [2.24, 2.45) is 0 Å². The van der Waals surface area contributed by atoms with Gasteiger partial charge in [0.1, 0.15) is 6.04 Å². The van der Waals surface area contributed by atoms with Crippen LogP contribution in [0.1, 0.15) is 58.3 Å². The van der Waals surface area contributed by atoms with Crippen LogP contribution in [0.2, 0.25) is 0 Å². The predicted octanol–water partition coefficient (Wildman–Crippen LogP) is 3.06. The van der Waals surface area contributed by atoms with E-state index in [1.54, 1.807) is 11.8 Å². The fraction of sp³-hybridized carbons (Fsp3) is 0.857. The molecule has 0 heterocycles. The van der Waals surface area contributed by atoms with Crippen LogP contribution in [0.5, 0.6) is 0 Å². The molecular formula is C14H27NO3S. The lowest BCUT2D eigenvalue weighted by atomic mass is 10.1. The third-order valence-corrected chi connectivity index (χ3v) is 4.11. The molecule has 1 unspecified atom stereocenters. The van der Waals surface area contributed by atoms with E-state index in [2.05, 4.69) is 12.2 Å². The molecule has 0 aliphatic heterocycles. The predicted molar refractivity (Wildman–Crippen MR) is 80.6 cm³/mol. The van der Waals surface area contributed by atoms with Gasteiger partial charge in [-0.25, -0.2) is 4.79 Å². The van der Waals surface area contributed by atoms with Crippen LogP contribution in [-0.2, 0) is 9.59 Å². The van der Waals surface area contributed by atoms with E-state index in [0.29, 0.717) is 12.8 Å². The lowest BCUT2D eigenvalue weighted by molar-refractivity contribution is -0.140. The summed E-state index contributed by atoms with van der Waals surface area (Å²) in [7, 11) is 0. The van der Waals surface area contributed by atoms with Crippen LogP contribution in [0.3, 0.4) is 0 Å². The van der Waals surface area contributed by atoms with Gasteiger partial charge in [0.2, 0.25) is 6.41 Å². The van der Waals surface area contributed by atoms with Crippen molar-refractivity contribution in [3.8, 4) is 0 Å². The molecule has 0 rings (SSSR count). The van der Waals surface area contributed by atoms with Crippen molar-refractivity contribution < 1.29 is 14.7 Å². The zero-order chi connectivity index (χ0) is 14.3. The largest absolute Gasteiger partial charge is 0.480 e. The highest BCUT2D eigenvalue weighted by Crippen LogP contribution is 2.12. The van der Waals surface area contributed by atoms with Crippen molar-refractivity contribution in [3.05, 3.63) is 0 Å². The van der Waals surface area contributed by atoms with Gasteiger partial charge in [0.15, 0.2) is 0 Å². The Labute approximate surface area is 120 Å². The molecule has 0 aliphatic rings. The summed E-state index contributed by atoms with van der Waals surface area (Å²) in [4.78, 5) is 21.0. The summed E-state index contributed by atoms with van der Waals surface area (Å²) in [5, 5.41) is 11.1. The average Bonchev–Trinajstić information content (AvgIpc) is 2.39. The molecule has 4 nitrogen and oxygen atoms in total. The molecule has 0 bridgehead atoms. The summed E-state index contributed by atoms with van der Waals surface area (Å²) in [5.74, 6) is 0.915. The zero-order valence-corrected chi connectivity index (χ0v) is 12.7. The van der Waals surface area contributed by atoms with Crippen molar-refractivity contribution in [1.29, 1.82) is 0 Å². The first-order chi connectivity index (χ1) is 9.22. The van der Waals surface area contributed by atoms with Gasteiger partial charge < -0.3 is 10.4 Å². The Bertz CT molecular complexity index is 237. The molecule has 0 saturated heterocycles. The summed E-state index contributed by atoms with van der Waals surface area (Å²) >= 11 is 1.77. The van der Waals surface area contributed by atoms with E-state index < -0.39 is 12.0 Å². The summed E-state index contributed by atoms with van der Waals surface area (Å²) < 4.78 is 0. The van der Waals surface area contributed by atoms with Gasteiger partial charge in [-0.05, 0) is 24.3 Å². The number of nitrogens with one attached hydrogen (secondary N) is 1. The minimum absolute atomic E-state index is 0.458. The molecular weight excluding hydrogens is 262 g/mol. The summed E-state index contributed by atoms with van der Waals surface area (Å²) in [6.45, 7) is 2.22. The Balaban J connectivity index is 3.29. The fourth-order valence-corrected chi connectivity index (χ4v) is 2.84. The van der Waals surface area contributed by atoms with Gasteiger partial charge >= 0.3 is 5.97 Å². The summed E-state index contributed by atoms with van der Waals surface area (Å²) in [6.07, 6.45) is 10.1. The topological polar surface area (TPSA) is 66.4 Å². The summed E-state index contributed by atoms with van der Waals surface area (Å²) in [6, 6.07) is -0.737. The number of aliphatic carboxylic acids is 1. The first-order valence-electron chi connectivity index (χ1n) is 7.22. The van der Waals surface area contributed by atoms with Gasteiger partial charge in [0.05, 0.1) is 0 Å². The van der Waals surface area contributed by atoms with Gasteiger partial charge in [0, 0.05) is 0 Å². The van der Waals surface area contributed by atoms with E-state index in [0.717, 1.165) is 11.5 Å². The zero-order valence-electron chi connectivity index (χ0n) is 11.9. The molecule has 0 aromatic heterocycles. The number of rotatable bonds is 14. The first kappa shape index (κ1) is 18.3. The molecule has 5 heteroatoms. The van der Waals surface area contributed by atoms with Crippen molar-refractivity contribution in [2.75, 3.05) is 11.5 Å². The molecule has 0 radical (unpaired) electrons. The van der Waals surface area contributed by atoms with Crippen molar-refractivity contribution in [1.82, 2.24) is 5.32 Å². The van der Waals surface area contributed by atoms with Crippen LogP contribution >= 0.6 is 11.8 Å². The molecule has 1 atom stereocenters. The maximum absolute atomic E-state index is 10.8. The molecule has 1 amide bonds. The van der Waals surface area contributed by atoms with E-state index in [1.807, 2.05) is 0 Å². The van der Waals surface area contributed by atoms with Crippen LogP contribution in [0.15, 0.2) is 0 Å². The number of amides is 1. The van der Waals surface area contributed by atoms with Crippen LogP contribution in [0.25, 0.3) is 0 Å². The highest BCUT2D eigenvalue weighted by molar-refractivity contribution is 7.99. The second-order valence-corrected chi connectivity index (χ2v) is 5.92. The number of unbranched alkanes of at least 4 members (excludes halogenated alkanes) is 6. The Kier molecular flexibility index (Phi) is 13.2. The van der Waals surface area contributed by atoms with Crippen LogP contribution in [-0.4, -0.2) is 35.0 Å². The Morgan fingerprint density at radius 2 is 1.79 bits per heavy atom. The number of carbonyl (C=O) groups excluding carboxylic acids is 1. The highest BCUT2D eigenvalue weighted by Gasteiger charge is 2.14. The molecule has 0 aromatic carbocycles. The second kappa shape index (κ2) is 13.7. The minimum atomic E-state index is -0.955. The van der Waals surface area contributed by atoms with E-state index in [1.165, 1.54) is 44.9 Å². The average molecular weight is 289 g/mol. The Morgan fingerprint density at radius 3 is 2.37 bits per heavy atom. The number of carboxylic acid groups (broad SMARTS) is 1.